The van der Waals surface area contributed by atoms with Gasteiger partial charge in [-0.15, -0.1) is 0 Å². The van der Waals surface area contributed by atoms with Crippen LogP contribution in [0.4, 0.5) is 5.82 Å². The van der Waals surface area contributed by atoms with Crippen LogP contribution in [0.1, 0.15) is 19.4 Å². The van der Waals surface area contributed by atoms with Crippen LogP contribution in [0, 0.1) is 6.92 Å². The zero-order valence-corrected chi connectivity index (χ0v) is 9.90. The molecule has 0 saturated heterocycles. The van der Waals surface area contributed by atoms with Gasteiger partial charge < -0.3 is 10.5 Å². The van der Waals surface area contributed by atoms with E-state index in [1.54, 1.807) is 6.20 Å². The molecule has 1 aromatic heterocycles. The zero-order valence-electron chi connectivity index (χ0n) is 9.90. The second-order valence-electron chi connectivity index (χ2n) is 3.61. The summed E-state index contributed by atoms with van der Waals surface area (Å²) in [5.74, 6) is 0.981. The van der Waals surface area contributed by atoms with Crippen molar-refractivity contribution in [1.82, 2.24) is 4.98 Å². The Kier molecular flexibility index (Phi) is 4.05. The number of aliphatic imine (C=N–C) groups is 1. The zero-order chi connectivity index (χ0) is 12.1. The molecule has 0 amide bonds. The van der Waals surface area contributed by atoms with Gasteiger partial charge in [-0.25, -0.2) is 4.98 Å². The third-order valence-electron chi connectivity index (χ3n) is 2.21. The molecule has 0 aromatic carbocycles. The van der Waals surface area contributed by atoms with Crippen LogP contribution >= 0.6 is 0 Å². The van der Waals surface area contributed by atoms with Gasteiger partial charge in [0, 0.05) is 12.4 Å². The number of pyridine rings is 1. The van der Waals surface area contributed by atoms with E-state index in [1.807, 2.05) is 26.8 Å². The van der Waals surface area contributed by atoms with Crippen LogP contribution in [0.5, 0.6) is 5.75 Å². The predicted octanol–water partition coefficient (Wildman–Crippen LogP) is 2.34. The molecule has 1 atom stereocenters. The summed E-state index contributed by atoms with van der Waals surface area (Å²) in [4.78, 5) is 8.10. The van der Waals surface area contributed by atoms with Crippen molar-refractivity contribution < 1.29 is 4.74 Å². The number of aromatic nitrogens is 1. The molecule has 1 heterocycles. The summed E-state index contributed by atoms with van der Waals surface area (Å²) in [5.41, 5.74) is 7.57. The Bertz CT molecular complexity index is 413. The van der Waals surface area contributed by atoms with Crippen molar-refractivity contribution in [1.29, 1.82) is 0 Å². The lowest BCUT2D eigenvalue weighted by atomic mass is 10.2. The number of aryl methyl sites for hydroxylation is 1. The monoisotopic (exact) mass is 219 g/mol. The maximum Gasteiger partial charge on any atom is 0.166 e. The SMILES string of the molecule is C=C/N=C(/C)C(C)Oc1cc(C)cnc1N. The van der Waals surface area contributed by atoms with Gasteiger partial charge in [0.15, 0.2) is 11.6 Å². The minimum absolute atomic E-state index is 0.149. The molecule has 1 aromatic rings. The van der Waals surface area contributed by atoms with Gasteiger partial charge in [-0.3, -0.25) is 4.99 Å². The molecule has 0 bridgehead atoms. The van der Waals surface area contributed by atoms with E-state index in [2.05, 4.69) is 16.6 Å². The maximum absolute atomic E-state index is 5.72. The molecule has 0 aliphatic carbocycles. The molecule has 86 valence electrons. The van der Waals surface area contributed by atoms with Crippen LogP contribution in [0.3, 0.4) is 0 Å². The number of nitrogens with zero attached hydrogens (tertiary/aromatic N) is 2. The first-order valence-electron chi connectivity index (χ1n) is 5.08. The summed E-state index contributed by atoms with van der Waals surface area (Å²) in [6.45, 7) is 9.27. The fraction of sp³-hybridized carbons (Fsp3) is 0.333. The van der Waals surface area contributed by atoms with Crippen LogP contribution in [-0.2, 0) is 0 Å². The van der Waals surface area contributed by atoms with Crippen molar-refractivity contribution in [3.63, 3.8) is 0 Å². The minimum Gasteiger partial charge on any atom is -0.481 e. The van der Waals surface area contributed by atoms with E-state index in [0.717, 1.165) is 11.3 Å². The molecule has 0 aliphatic rings. The first-order valence-corrected chi connectivity index (χ1v) is 5.08. The topological polar surface area (TPSA) is 60.5 Å². The summed E-state index contributed by atoms with van der Waals surface area (Å²) in [7, 11) is 0. The van der Waals surface area contributed by atoms with Crippen molar-refractivity contribution in [3.8, 4) is 5.75 Å². The molecular formula is C12H17N3O. The number of nitrogens with two attached hydrogens (primary N) is 1. The summed E-state index contributed by atoms with van der Waals surface area (Å²) in [6, 6.07) is 1.86. The largest absolute Gasteiger partial charge is 0.481 e. The third kappa shape index (κ3) is 3.08. The Morgan fingerprint density at radius 2 is 2.38 bits per heavy atom. The molecule has 4 heteroatoms. The molecule has 0 radical (unpaired) electrons. The van der Waals surface area contributed by atoms with Gasteiger partial charge in [0.25, 0.3) is 0 Å². The van der Waals surface area contributed by atoms with Crippen LogP contribution in [0.2, 0.25) is 0 Å². The molecule has 4 nitrogen and oxygen atoms in total. The Balaban J connectivity index is 2.84. The average Bonchev–Trinajstić information content (AvgIpc) is 2.23. The molecule has 16 heavy (non-hydrogen) atoms. The number of ether oxygens (including phenoxy) is 1. The van der Waals surface area contributed by atoms with E-state index >= 15 is 0 Å². The van der Waals surface area contributed by atoms with E-state index in [1.165, 1.54) is 6.20 Å². The standard InChI is InChI=1S/C12H17N3O/c1-5-14-9(3)10(4)16-11-6-8(2)7-15-12(11)13/h5-7,10H,1H2,2-4H3,(H2,13,15)/b14-9-. The summed E-state index contributed by atoms with van der Waals surface area (Å²) in [6.07, 6.45) is 3.05. The van der Waals surface area contributed by atoms with Gasteiger partial charge in [-0.2, -0.15) is 0 Å². The van der Waals surface area contributed by atoms with Crippen molar-refractivity contribution >= 4 is 11.5 Å². The van der Waals surface area contributed by atoms with Crippen molar-refractivity contribution in [2.75, 3.05) is 5.73 Å². The van der Waals surface area contributed by atoms with Crippen molar-refractivity contribution in [2.45, 2.75) is 26.9 Å². The van der Waals surface area contributed by atoms with E-state index in [-0.39, 0.29) is 6.10 Å². The minimum atomic E-state index is -0.149. The highest BCUT2D eigenvalue weighted by Crippen LogP contribution is 2.21. The number of nitrogen functional groups attached to an aromatic ring is 1. The highest BCUT2D eigenvalue weighted by atomic mass is 16.5. The smallest absolute Gasteiger partial charge is 0.166 e. The highest BCUT2D eigenvalue weighted by Gasteiger charge is 2.10. The molecule has 0 saturated carbocycles. The fourth-order valence-electron chi connectivity index (χ4n) is 1.17. The third-order valence-corrected chi connectivity index (χ3v) is 2.21. The van der Waals surface area contributed by atoms with E-state index in [4.69, 9.17) is 10.5 Å². The van der Waals surface area contributed by atoms with Crippen LogP contribution < -0.4 is 10.5 Å². The Hall–Kier alpha value is -1.84. The normalized spacial score (nSPS) is 13.3. The number of hydrogen-bond acceptors (Lipinski definition) is 4. The van der Waals surface area contributed by atoms with E-state index in [0.29, 0.717) is 11.6 Å². The first kappa shape index (κ1) is 12.2. The van der Waals surface area contributed by atoms with E-state index < -0.39 is 0 Å². The molecule has 2 N–H and O–H groups in total. The van der Waals surface area contributed by atoms with Crippen molar-refractivity contribution in [3.05, 3.63) is 30.6 Å². The molecule has 0 aliphatic heterocycles. The predicted molar refractivity (Wildman–Crippen MR) is 66.8 cm³/mol. The molecular weight excluding hydrogens is 202 g/mol. The van der Waals surface area contributed by atoms with Crippen molar-refractivity contribution in [2.24, 2.45) is 4.99 Å². The van der Waals surface area contributed by atoms with E-state index in [9.17, 15) is 0 Å². The number of hydrogen-bond donors (Lipinski definition) is 1. The fourth-order valence-corrected chi connectivity index (χ4v) is 1.17. The molecule has 0 fully saturated rings. The lowest BCUT2D eigenvalue weighted by molar-refractivity contribution is 0.287. The van der Waals surface area contributed by atoms with Crippen LogP contribution in [-0.4, -0.2) is 16.8 Å². The van der Waals surface area contributed by atoms with Gasteiger partial charge in [-0.1, -0.05) is 6.58 Å². The second kappa shape index (κ2) is 5.30. The Labute approximate surface area is 95.9 Å². The molecule has 1 rings (SSSR count). The lowest BCUT2D eigenvalue weighted by Gasteiger charge is -2.15. The lowest BCUT2D eigenvalue weighted by Crippen LogP contribution is -2.21. The van der Waals surface area contributed by atoms with Gasteiger partial charge >= 0.3 is 0 Å². The van der Waals surface area contributed by atoms with Crippen LogP contribution in [0.15, 0.2) is 30.0 Å². The van der Waals surface area contributed by atoms with Gasteiger partial charge in [0.05, 0.1) is 5.71 Å². The second-order valence-corrected chi connectivity index (χ2v) is 3.61. The van der Waals surface area contributed by atoms with Gasteiger partial charge in [0.1, 0.15) is 6.10 Å². The summed E-state index contributed by atoms with van der Waals surface area (Å²) in [5, 5.41) is 0. The quantitative estimate of drug-likeness (QED) is 0.791. The summed E-state index contributed by atoms with van der Waals surface area (Å²) >= 11 is 0. The van der Waals surface area contributed by atoms with Crippen LogP contribution in [0.25, 0.3) is 0 Å². The van der Waals surface area contributed by atoms with Gasteiger partial charge in [-0.05, 0) is 32.4 Å². The average molecular weight is 219 g/mol. The molecule has 1 unspecified atom stereocenters. The maximum atomic E-state index is 5.72. The highest BCUT2D eigenvalue weighted by molar-refractivity contribution is 5.86. The first-order chi connectivity index (χ1) is 7.54. The summed E-state index contributed by atoms with van der Waals surface area (Å²) < 4.78 is 5.67. The number of anilines is 1. The molecule has 0 spiro atoms. The van der Waals surface area contributed by atoms with Gasteiger partial charge in [0.2, 0.25) is 0 Å². The number of rotatable bonds is 4. The Morgan fingerprint density at radius 1 is 1.69 bits per heavy atom. The Morgan fingerprint density at radius 3 is 3.00 bits per heavy atom.